The zero-order chi connectivity index (χ0) is 12.7. The zero-order valence-corrected chi connectivity index (χ0v) is 11.8. The van der Waals surface area contributed by atoms with Gasteiger partial charge in [-0.3, -0.25) is 0 Å². The highest BCUT2D eigenvalue weighted by atomic mass is 35.5. The van der Waals surface area contributed by atoms with Crippen molar-refractivity contribution in [3.8, 4) is 0 Å². The van der Waals surface area contributed by atoms with Crippen molar-refractivity contribution in [3.05, 3.63) is 30.6 Å². The van der Waals surface area contributed by atoms with E-state index in [1.54, 1.807) is 6.33 Å². The number of hydrogen-bond acceptors (Lipinski definition) is 4. The van der Waals surface area contributed by atoms with E-state index in [0.717, 1.165) is 27.9 Å². The summed E-state index contributed by atoms with van der Waals surface area (Å²) in [5.74, 6) is 0.827. The Balaban J connectivity index is 0.00000121. The Labute approximate surface area is 123 Å². The summed E-state index contributed by atoms with van der Waals surface area (Å²) < 4.78 is 5.91. The molecule has 1 aliphatic carbocycles. The summed E-state index contributed by atoms with van der Waals surface area (Å²) in [7, 11) is 0. The Bertz CT molecular complexity index is 734. The van der Waals surface area contributed by atoms with E-state index in [2.05, 4.69) is 15.3 Å². The van der Waals surface area contributed by atoms with Crippen molar-refractivity contribution in [2.45, 2.75) is 31.7 Å². The molecule has 3 aromatic rings. The van der Waals surface area contributed by atoms with Crippen molar-refractivity contribution < 1.29 is 4.42 Å². The molecule has 0 spiro atoms. The highest BCUT2D eigenvalue weighted by Gasteiger charge is 2.18. The lowest BCUT2D eigenvalue weighted by Gasteiger charge is -2.11. The predicted molar refractivity (Wildman–Crippen MR) is 82.4 cm³/mol. The second-order valence-corrected chi connectivity index (χ2v) is 5.12. The van der Waals surface area contributed by atoms with Gasteiger partial charge in [-0.15, -0.1) is 12.4 Å². The summed E-state index contributed by atoms with van der Waals surface area (Å²) in [5.41, 5.74) is 2.54. The van der Waals surface area contributed by atoms with Crippen molar-refractivity contribution in [1.29, 1.82) is 0 Å². The third-order valence-corrected chi connectivity index (χ3v) is 3.85. The molecule has 0 aliphatic heterocycles. The monoisotopic (exact) mass is 289 g/mol. The van der Waals surface area contributed by atoms with Gasteiger partial charge in [-0.25, -0.2) is 9.97 Å². The summed E-state index contributed by atoms with van der Waals surface area (Å²) in [6.45, 7) is 0. The summed E-state index contributed by atoms with van der Waals surface area (Å²) >= 11 is 0. The molecule has 2 aromatic heterocycles. The van der Waals surface area contributed by atoms with E-state index in [-0.39, 0.29) is 12.4 Å². The Morgan fingerprint density at radius 1 is 1.10 bits per heavy atom. The van der Waals surface area contributed by atoms with Gasteiger partial charge in [-0.2, -0.15) is 0 Å². The van der Waals surface area contributed by atoms with Crippen LogP contribution in [0.1, 0.15) is 25.7 Å². The van der Waals surface area contributed by atoms with E-state index in [1.807, 2.05) is 24.3 Å². The average Bonchev–Trinajstić information content (AvgIpc) is 3.06. The van der Waals surface area contributed by atoms with Crippen LogP contribution in [0.2, 0.25) is 0 Å². The number of fused-ring (bicyclic) bond motifs is 3. The SMILES string of the molecule is Cl.c1ccc2c(c1)oc1c(NC3CCCC3)ncnc12. The second kappa shape index (κ2) is 5.29. The standard InChI is InChI=1S/C15H15N3O.ClH/c1-2-6-10(5-1)18-15-14-13(16-9-17-15)11-7-3-4-8-12(11)19-14;/h3-4,7-10H,1-2,5-6H2,(H,16,17,18);1H. The van der Waals surface area contributed by atoms with Crippen LogP contribution >= 0.6 is 12.4 Å². The highest BCUT2D eigenvalue weighted by molar-refractivity contribution is 6.05. The van der Waals surface area contributed by atoms with E-state index in [1.165, 1.54) is 25.7 Å². The van der Waals surface area contributed by atoms with E-state index in [9.17, 15) is 0 Å². The van der Waals surface area contributed by atoms with Crippen molar-refractivity contribution in [2.75, 3.05) is 5.32 Å². The highest BCUT2D eigenvalue weighted by Crippen LogP contribution is 2.31. The molecule has 1 aromatic carbocycles. The first kappa shape index (κ1) is 13.2. The van der Waals surface area contributed by atoms with Gasteiger partial charge in [0.25, 0.3) is 0 Å². The van der Waals surface area contributed by atoms with Crippen molar-refractivity contribution in [1.82, 2.24) is 9.97 Å². The Morgan fingerprint density at radius 3 is 2.75 bits per heavy atom. The van der Waals surface area contributed by atoms with Gasteiger partial charge >= 0.3 is 0 Å². The van der Waals surface area contributed by atoms with E-state index in [0.29, 0.717) is 6.04 Å². The van der Waals surface area contributed by atoms with Crippen LogP contribution in [0.5, 0.6) is 0 Å². The number of furan rings is 1. The number of benzene rings is 1. The van der Waals surface area contributed by atoms with Gasteiger partial charge in [0.05, 0.1) is 0 Å². The molecule has 4 nitrogen and oxygen atoms in total. The number of aromatic nitrogens is 2. The minimum absolute atomic E-state index is 0. The molecule has 4 rings (SSSR count). The first-order chi connectivity index (χ1) is 9.42. The summed E-state index contributed by atoms with van der Waals surface area (Å²) in [6, 6.07) is 8.50. The number of anilines is 1. The maximum absolute atomic E-state index is 5.91. The first-order valence-corrected chi connectivity index (χ1v) is 6.80. The molecule has 0 atom stereocenters. The second-order valence-electron chi connectivity index (χ2n) is 5.12. The third-order valence-electron chi connectivity index (χ3n) is 3.85. The van der Waals surface area contributed by atoms with Gasteiger partial charge < -0.3 is 9.73 Å². The molecule has 5 heteroatoms. The van der Waals surface area contributed by atoms with Crippen molar-refractivity contribution in [3.63, 3.8) is 0 Å². The minimum atomic E-state index is 0. The van der Waals surface area contributed by atoms with E-state index >= 15 is 0 Å². The van der Waals surface area contributed by atoms with Crippen molar-refractivity contribution >= 4 is 40.3 Å². The van der Waals surface area contributed by atoms with Gasteiger partial charge in [0.15, 0.2) is 11.4 Å². The molecule has 1 fully saturated rings. The lowest BCUT2D eigenvalue weighted by molar-refractivity contribution is 0.662. The predicted octanol–water partition coefficient (Wildman–Crippen LogP) is 4.15. The molecule has 1 N–H and O–H groups in total. The van der Waals surface area contributed by atoms with Crippen LogP contribution in [-0.4, -0.2) is 16.0 Å². The fourth-order valence-corrected chi connectivity index (χ4v) is 2.89. The molecule has 0 amide bonds. The van der Waals surface area contributed by atoms with Crippen LogP contribution in [0.3, 0.4) is 0 Å². The molecule has 0 bridgehead atoms. The summed E-state index contributed by atoms with van der Waals surface area (Å²) in [5, 5.41) is 4.55. The van der Waals surface area contributed by atoms with Gasteiger partial charge in [-0.05, 0) is 25.0 Å². The van der Waals surface area contributed by atoms with Crippen LogP contribution in [-0.2, 0) is 0 Å². The molecule has 0 unspecified atom stereocenters. The zero-order valence-electron chi connectivity index (χ0n) is 11.0. The Hall–Kier alpha value is -1.81. The van der Waals surface area contributed by atoms with Crippen LogP contribution in [0.15, 0.2) is 35.0 Å². The molecule has 1 aliphatic rings. The van der Waals surface area contributed by atoms with E-state index < -0.39 is 0 Å². The normalized spacial score (nSPS) is 15.6. The molecular weight excluding hydrogens is 274 g/mol. The van der Waals surface area contributed by atoms with Gasteiger partial charge in [0.1, 0.15) is 17.4 Å². The minimum Gasteiger partial charge on any atom is -0.450 e. The lowest BCUT2D eigenvalue weighted by atomic mass is 10.2. The summed E-state index contributed by atoms with van der Waals surface area (Å²) in [6.07, 6.45) is 6.64. The Morgan fingerprint density at radius 2 is 1.90 bits per heavy atom. The number of hydrogen-bond donors (Lipinski definition) is 1. The number of rotatable bonds is 2. The number of nitrogens with one attached hydrogen (secondary N) is 1. The summed E-state index contributed by atoms with van der Waals surface area (Å²) in [4.78, 5) is 8.71. The lowest BCUT2D eigenvalue weighted by Crippen LogP contribution is -2.15. The first-order valence-electron chi connectivity index (χ1n) is 6.80. The fourth-order valence-electron chi connectivity index (χ4n) is 2.89. The molecule has 104 valence electrons. The average molecular weight is 290 g/mol. The van der Waals surface area contributed by atoms with E-state index in [4.69, 9.17) is 4.42 Å². The molecule has 2 heterocycles. The van der Waals surface area contributed by atoms with Crippen molar-refractivity contribution in [2.24, 2.45) is 0 Å². The molecule has 20 heavy (non-hydrogen) atoms. The smallest absolute Gasteiger partial charge is 0.196 e. The largest absolute Gasteiger partial charge is 0.450 e. The van der Waals surface area contributed by atoms with Crippen LogP contribution in [0.25, 0.3) is 22.1 Å². The maximum Gasteiger partial charge on any atom is 0.196 e. The van der Waals surface area contributed by atoms with Crippen LogP contribution < -0.4 is 5.32 Å². The quantitative estimate of drug-likeness (QED) is 0.770. The van der Waals surface area contributed by atoms with Crippen LogP contribution in [0.4, 0.5) is 5.82 Å². The van der Waals surface area contributed by atoms with Gasteiger partial charge in [0, 0.05) is 11.4 Å². The Kier molecular flexibility index (Phi) is 3.49. The maximum atomic E-state index is 5.91. The fraction of sp³-hybridized carbons (Fsp3) is 0.333. The molecule has 1 saturated carbocycles. The van der Waals surface area contributed by atoms with Crippen LogP contribution in [0, 0.1) is 0 Å². The third kappa shape index (κ3) is 2.10. The number of para-hydroxylation sites is 1. The molecule has 0 radical (unpaired) electrons. The van der Waals surface area contributed by atoms with Gasteiger partial charge in [0.2, 0.25) is 0 Å². The number of halogens is 1. The molecule has 0 saturated heterocycles. The molecular formula is C15H16ClN3O. The van der Waals surface area contributed by atoms with Gasteiger partial charge in [-0.1, -0.05) is 25.0 Å². The number of nitrogens with zero attached hydrogens (tertiary/aromatic N) is 2. The topological polar surface area (TPSA) is 51.0 Å².